The van der Waals surface area contributed by atoms with Crippen molar-refractivity contribution in [2.75, 3.05) is 0 Å². The molecule has 0 aliphatic heterocycles. The zero-order valence-electron chi connectivity index (χ0n) is 16.2. The molecule has 0 saturated carbocycles. The molecule has 0 fully saturated rings. The van der Waals surface area contributed by atoms with E-state index in [1.54, 1.807) is 36.5 Å². The molecule has 0 radical (unpaired) electrons. The van der Waals surface area contributed by atoms with Crippen molar-refractivity contribution < 1.29 is 9.72 Å². The lowest BCUT2D eigenvalue weighted by atomic mass is 10.2. The van der Waals surface area contributed by atoms with Gasteiger partial charge in [0.1, 0.15) is 0 Å². The number of amides is 1. The maximum absolute atomic E-state index is 12.3. The molecule has 0 atom stereocenters. The van der Waals surface area contributed by atoms with Crippen molar-refractivity contribution in [3.05, 3.63) is 110 Å². The maximum Gasteiger partial charge on any atom is 0.272 e. The van der Waals surface area contributed by atoms with Gasteiger partial charge in [-0.25, -0.2) is 5.43 Å². The summed E-state index contributed by atoms with van der Waals surface area (Å²) >= 11 is 3.36. The highest BCUT2D eigenvalue weighted by Gasteiger charge is 2.10. The fourth-order valence-corrected chi connectivity index (χ4v) is 3.76. The second-order valence-corrected chi connectivity index (χ2v) is 7.69. The molecule has 8 heteroatoms. The average molecular weight is 477 g/mol. The number of nitro benzene ring substituents is 1. The van der Waals surface area contributed by atoms with Crippen molar-refractivity contribution in [3.8, 4) is 0 Å². The van der Waals surface area contributed by atoms with Crippen LogP contribution in [0.1, 0.15) is 21.5 Å². The van der Waals surface area contributed by atoms with Crippen molar-refractivity contribution >= 4 is 44.6 Å². The molecular formula is C23H17BrN4O3. The zero-order valence-corrected chi connectivity index (χ0v) is 17.8. The fraction of sp³-hybridized carbons (Fsp3) is 0.0435. The van der Waals surface area contributed by atoms with Crippen LogP contribution >= 0.6 is 15.9 Å². The van der Waals surface area contributed by atoms with Gasteiger partial charge >= 0.3 is 0 Å². The summed E-state index contributed by atoms with van der Waals surface area (Å²) < 4.78 is 2.75. The summed E-state index contributed by atoms with van der Waals surface area (Å²) in [6.07, 6.45) is 3.56. The molecule has 4 rings (SSSR count). The molecule has 154 valence electrons. The SMILES string of the molecule is O=C(N/N=C/c1cn(Cc2ccc([N+](=O)[O-])cc2)c2ccccc12)c1ccccc1Br. The lowest BCUT2D eigenvalue weighted by molar-refractivity contribution is -0.384. The van der Waals surface area contributed by atoms with E-state index < -0.39 is 4.92 Å². The number of hydrogen-bond acceptors (Lipinski definition) is 4. The van der Waals surface area contributed by atoms with Crippen molar-refractivity contribution in [1.82, 2.24) is 9.99 Å². The summed E-state index contributed by atoms with van der Waals surface area (Å²) in [5.41, 5.74) is 5.91. The number of hydrazone groups is 1. The first kappa shape index (κ1) is 20.5. The van der Waals surface area contributed by atoms with Gasteiger partial charge in [0.2, 0.25) is 0 Å². The minimum atomic E-state index is -0.411. The minimum Gasteiger partial charge on any atom is -0.342 e. The highest BCUT2D eigenvalue weighted by Crippen LogP contribution is 2.22. The van der Waals surface area contributed by atoms with Crippen LogP contribution in [-0.4, -0.2) is 21.6 Å². The molecule has 0 bridgehead atoms. The van der Waals surface area contributed by atoms with Crippen molar-refractivity contribution in [2.24, 2.45) is 5.10 Å². The summed E-state index contributed by atoms with van der Waals surface area (Å²) in [4.78, 5) is 22.8. The molecule has 0 unspecified atom stereocenters. The number of nitro groups is 1. The molecule has 4 aromatic rings. The van der Waals surface area contributed by atoms with Crippen LogP contribution in [0.2, 0.25) is 0 Å². The summed E-state index contributed by atoms with van der Waals surface area (Å²) in [6, 6.07) is 21.5. The normalized spacial score (nSPS) is 11.1. The molecular weight excluding hydrogens is 460 g/mol. The van der Waals surface area contributed by atoms with Gasteiger partial charge in [-0.1, -0.05) is 42.5 Å². The van der Waals surface area contributed by atoms with Crippen LogP contribution in [0.3, 0.4) is 0 Å². The van der Waals surface area contributed by atoms with E-state index in [9.17, 15) is 14.9 Å². The number of halogens is 1. The quantitative estimate of drug-likeness (QED) is 0.237. The third-order valence-electron chi connectivity index (χ3n) is 4.81. The number of rotatable bonds is 6. The highest BCUT2D eigenvalue weighted by atomic mass is 79.9. The van der Waals surface area contributed by atoms with Crippen LogP contribution in [0.5, 0.6) is 0 Å². The smallest absolute Gasteiger partial charge is 0.272 e. The third-order valence-corrected chi connectivity index (χ3v) is 5.50. The molecule has 0 aliphatic carbocycles. The van der Waals surface area contributed by atoms with Gasteiger partial charge < -0.3 is 4.57 Å². The van der Waals surface area contributed by atoms with E-state index in [2.05, 4.69) is 26.5 Å². The monoisotopic (exact) mass is 476 g/mol. The van der Waals surface area contributed by atoms with E-state index in [1.807, 2.05) is 41.1 Å². The van der Waals surface area contributed by atoms with Crippen molar-refractivity contribution in [2.45, 2.75) is 6.54 Å². The van der Waals surface area contributed by atoms with Crippen molar-refractivity contribution in [1.29, 1.82) is 0 Å². The summed E-state index contributed by atoms with van der Waals surface area (Å²) in [6.45, 7) is 0.551. The maximum atomic E-state index is 12.3. The highest BCUT2D eigenvalue weighted by molar-refractivity contribution is 9.10. The first-order valence-corrected chi connectivity index (χ1v) is 10.2. The van der Waals surface area contributed by atoms with E-state index in [1.165, 1.54) is 12.1 Å². The zero-order chi connectivity index (χ0) is 21.8. The average Bonchev–Trinajstić information content (AvgIpc) is 3.12. The first-order valence-electron chi connectivity index (χ1n) is 9.42. The first-order chi connectivity index (χ1) is 15.0. The summed E-state index contributed by atoms with van der Waals surface area (Å²) in [5, 5.41) is 16.0. The molecule has 1 amide bonds. The Kier molecular flexibility index (Phi) is 5.90. The Labute approximate surface area is 186 Å². The van der Waals surface area contributed by atoms with E-state index in [0.29, 0.717) is 16.6 Å². The van der Waals surface area contributed by atoms with E-state index in [-0.39, 0.29) is 11.6 Å². The molecule has 31 heavy (non-hydrogen) atoms. The van der Waals surface area contributed by atoms with E-state index in [0.717, 1.165) is 22.0 Å². The van der Waals surface area contributed by atoms with Crippen LogP contribution in [0.25, 0.3) is 10.9 Å². The predicted octanol–water partition coefficient (Wildman–Crippen LogP) is 5.12. The van der Waals surface area contributed by atoms with E-state index in [4.69, 9.17) is 0 Å². The molecule has 3 aromatic carbocycles. The third kappa shape index (κ3) is 4.54. The van der Waals surface area contributed by atoms with Crippen LogP contribution < -0.4 is 5.43 Å². The molecule has 1 N–H and O–H groups in total. The molecule has 1 heterocycles. The van der Waals surface area contributed by atoms with Gasteiger partial charge in [-0.05, 0) is 39.7 Å². The summed E-state index contributed by atoms with van der Waals surface area (Å²) in [7, 11) is 0. The number of nitrogens with zero attached hydrogens (tertiary/aromatic N) is 3. The number of fused-ring (bicyclic) bond motifs is 1. The number of carbonyl (C=O) groups is 1. The molecule has 1 aromatic heterocycles. The van der Waals surface area contributed by atoms with E-state index >= 15 is 0 Å². The number of para-hydroxylation sites is 1. The van der Waals surface area contributed by atoms with Gasteiger partial charge in [-0.15, -0.1) is 0 Å². The predicted molar refractivity (Wildman–Crippen MR) is 123 cm³/mol. The van der Waals surface area contributed by atoms with Gasteiger partial charge in [0.25, 0.3) is 11.6 Å². The summed E-state index contributed by atoms with van der Waals surface area (Å²) in [5.74, 6) is -0.307. The number of carbonyl (C=O) groups excluding carboxylic acids is 1. The molecule has 0 saturated heterocycles. The molecule has 0 aliphatic rings. The Morgan fingerprint density at radius 3 is 2.52 bits per heavy atom. The largest absolute Gasteiger partial charge is 0.342 e. The van der Waals surface area contributed by atoms with Crippen LogP contribution in [-0.2, 0) is 6.54 Å². The Morgan fingerprint density at radius 2 is 1.77 bits per heavy atom. The standard InChI is InChI=1S/C23H17BrN4O3/c24-21-7-3-1-6-20(21)23(29)26-25-13-17-15-27(22-8-4-2-5-19(17)22)14-16-9-11-18(12-10-16)28(30)31/h1-13,15H,14H2,(H,26,29)/b25-13+. The topological polar surface area (TPSA) is 89.5 Å². The number of benzene rings is 3. The van der Waals surface area contributed by atoms with Gasteiger partial charge in [0.05, 0.1) is 16.7 Å². The van der Waals surface area contributed by atoms with Crippen molar-refractivity contribution in [3.63, 3.8) is 0 Å². The Balaban J connectivity index is 1.56. The Hall–Kier alpha value is -3.78. The number of nitrogens with one attached hydrogen (secondary N) is 1. The molecule has 7 nitrogen and oxygen atoms in total. The number of hydrogen-bond donors (Lipinski definition) is 1. The fourth-order valence-electron chi connectivity index (χ4n) is 3.29. The van der Waals surface area contributed by atoms with Gasteiger partial charge in [-0.3, -0.25) is 14.9 Å². The minimum absolute atomic E-state index is 0.0646. The second-order valence-electron chi connectivity index (χ2n) is 6.83. The van der Waals surface area contributed by atoms with Crippen LogP contribution in [0, 0.1) is 10.1 Å². The van der Waals surface area contributed by atoms with Gasteiger partial charge in [0.15, 0.2) is 0 Å². The lowest BCUT2D eigenvalue weighted by Gasteiger charge is -2.05. The van der Waals surface area contributed by atoms with Gasteiger partial charge in [0, 0.05) is 45.8 Å². The van der Waals surface area contributed by atoms with Crippen LogP contribution in [0.15, 0.2) is 88.6 Å². The van der Waals surface area contributed by atoms with Gasteiger partial charge in [-0.2, -0.15) is 5.10 Å². The number of aromatic nitrogens is 1. The van der Waals surface area contributed by atoms with Crippen LogP contribution in [0.4, 0.5) is 5.69 Å². The Bertz CT molecular complexity index is 1300. The number of non-ortho nitro benzene ring substituents is 1. The Morgan fingerprint density at radius 1 is 1.06 bits per heavy atom. The lowest BCUT2D eigenvalue weighted by Crippen LogP contribution is -2.18. The second kappa shape index (κ2) is 8.93. The molecule has 0 spiro atoms.